The Morgan fingerprint density at radius 3 is 3.45 bits per heavy atom. The average Bonchev–Trinajstić information content (AvgIpc) is 2.04. The van der Waals surface area contributed by atoms with Gasteiger partial charge in [-0.15, -0.1) is 0 Å². The minimum atomic E-state index is 0.492. The van der Waals surface area contributed by atoms with Crippen LogP contribution < -0.4 is 10.6 Å². The molecule has 3 nitrogen and oxygen atoms in total. The summed E-state index contributed by atoms with van der Waals surface area (Å²) in [5.74, 6) is 0.964. The van der Waals surface area contributed by atoms with Crippen LogP contribution in [0.4, 0.5) is 11.5 Å². The minimum absolute atomic E-state index is 0.492. The second kappa shape index (κ2) is 2.42. The number of fused-ring (bicyclic) bond motifs is 1. The Balaban J connectivity index is 2.34. The standard InChI is InChI=1S/C8H11N3/c1-6-5-10-8-7(11-6)3-2-4-9-8/h2-4,6,11H,5H2,1H3,(H,9,10). The van der Waals surface area contributed by atoms with Crippen LogP contribution in [0.1, 0.15) is 6.92 Å². The fourth-order valence-electron chi connectivity index (χ4n) is 1.23. The Bertz CT molecular complexity index is 259. The van der Waals surface area contributed by atoms with E-state index in [0.717, 1.165) is 18.1 Å². The van der Waals surface area contributed by atoms with Gasteiger partial charge in [0.05, 0.1) is 5.69 Å². The largest absolute Gasteiger partial charge is 0.378 e. The predicted octanol–water partition coefficient (Wildman–Crippen LogP) is 1.31. The van der Waals surface area contributed by atoms with Gasteiger partial charge in [0.2, 0.25) is 0 Å². The summed E-state index contributed by atoms with van der Waals surface area (Å²) in [6, 6.07) is 4.46. The third-order valence-corrected chi connectivity index (χ3v) is 1.79. The van der Waals surface area contributed by atoms with Crippen LogP contribution in [0.15, 0.2) is 18.3 Å². The van der Waals surface area contributed by atoms with Gasteiger partial charge in [0.15, 0.2) is 0 Å². The van der Waals surface area contributed by atoms with Gasteiger partial charge in [-0.3, -0.25) is 0 Å². The molecular formula is C8H11N3. The van der Waals surface area contributed by atoms with Crippen molar-refractivity contribution in [2.75, 3.05) is 17.2 Å². The second-order valence-electron chi connectivity index (χ2n) is 2.83. The van der Waals surface area contributed by atoms with Gasteiger partial charge in [0.1, 0.15) is 5.82 Å². The summed E-state index contributed by atoms with van der Waals surface area (Å²) in [4.78, 5) is 4.18. The van der Waals surface area contributed by atoms with E-state index in [1.54, 1.807) is 6.20 Å². The van der Waals surface area contributed by atoms with E-state index >= 15 is 0 Å². The van der Waals surface area contributed by atoms with Gasteiger partial charge in [-0.2, -0.15) is 0 Å². The van der Waals surface area contributed by atoms with Crippen molar-refractivity contribution in [3.05, 3.63) is 18.3 Å². The number of hydrogen-bond acceptors (Lipinski definition) is 3. The van der Waals surface area contributed by atoms with E-state index < -0.39 is 0 Å². The lowest BCUT2D eigenvalue weighted by molar-refractivity contribution is 0.810. The number of rotatable bonds is 0. The van der Waals surface area contributed by atoms with E-state index in [1.807, 2.05) is 12.1 Å². The van der Waals surface area contributed by atoms with Crippen LogP contribution in [-0.2, 0) is 0 Å². The van der Waals surface area contributed by atoms with Crippen LogP contribution in [0.25, 0.3) is 0 Å². The monoisotopic (exact) mass is 149 g/mol. The van der Waals surface area contributed by atoms with Crippen molar-refractivity contribution in [3.63, 3.8) is 0 Å². The minimum Gasteiger partial charge on any atom is -0.378 e. The molecule has 1 aromatic rings. The van der Waals surface area contributed by atoms with Crippen molar-refractivity contribution in [1.29, 1.82) is 0 Å². The summed E-state index contributed by atoms with van der Waals surface area (Å²) in [7, 11) is 0. The van der Waals surface area contributed by atoms with Crippen molar-refractivity contribution >= 4 is 11.5 Å². The highest BCUT2D eigenvalue weighted by Crippen LogP contribution is 2.21. The third-order valence-electron chi connectivity index (χ3n) is 1.79. The summed E-state index contributed by atoms with van der Waals surface area (Å²) in [6.07, 6.45) is 1.80. The SMILES string of the molecule is CC1CNc2ncccc2N1. The number of nitrogens with one attached hydrogen (secondary N) is 2. The highest BCUT2D eigenvalue weighted by molar-refractivity contribution is 5.66. The van der Waals surface area contributed by atoms with Crippen LogP contribution in [0, 0.1) is 0 Å². The Labute approximate surface area is 65.8 Å². The lowest BCUT2D eigenvalue weighted by Crippen LogP contribution is -2.30. The molecule has 0 radical (unpaired) electrons. The zero-order valence-corrected chi connectivity index (χ0v) is 6.46. The lowest BCUT2D eigenvalue weighted by Gasteiger charge is -2.24. The molecule has 11 heavy (non-hydrogen) atoms. The molecule has 2 rings (SSSR count). The molecule has 0 amide bonds. The number of hydrogen-bond donors (Lipinski definition) is 2. The number of nitrogens with zero attached hydrogens (tertiary/aromatic N) is 1. The van der Waals surface area contributed by atoms with E-state index in [9.17, 15) is 0 Å². The molecule has 1 aliphatic heterocycles. The quantitative estimate of drug-likeness (QED) is 0.584. The van der Waals surface area contributed by atoms with Crippen LogP contribution in [0.3, 0.4) is 0 Å². The van der Waals surface area contributed by atoms with Crippen molar-refractivity contribution in [2.45, 2.75) is 13.0 Å². The summed E-state index contributed by atoms with van der Waals surface area (Å²) >= 11 is 0. The summed E-state index contributed by atoms with van der Waals surface area (Å²) < 4.78 is 0. The first-order chi connectivity index (χ1) is 5.36. The molecule has 0 bridgehead atoms. The Kier molecular flexibility index (Phi) is 1.42. The number of aromatic nitrogens is 1. The van der Waals surface area contributed by atoms with Gasteiger partial charge in [0, 0.05) is 18.8 Å². The maximum atomic E-state index is 4.18. The molecule has 0 saturated carbocycles. The molecule has 0 saturated heterocycles. The van der Waals surface area contributed by atoms with Gasteiger partial charge in [-0.25, -0.2) is 4.98 Å². The van der Waals surface area contributed by atoms with Gasteiger partial charge >= 0.3 is 0 Å². The molecule has 1 atom stereocenters. The Hall–Kier alpha value is -1.25. The predicted molar refractivity (Wildman–Crippen MR) is 45.8 cm³/mol. The highest BCUT2D eigenvalue weighted by atomic mass is 15.1. The fourth-order valence-corrected chi connectivity index (χ4v) is 1.23. The van der Waals surface area contributed by atoms with E-state index in [2.05, 4.69) is 22.5 Å². The molecule has 0 aromatic carbocycles. The molecule has 2 N–H and O–H groups in total. The molecule has 2 heterocycles. The normalized spacial score (nSPS) is 21.4. The third kappa shape index (κ3) is 1.13. The molecule has 1 aromatic heterocycles. The summed E-state index contributed by atoms with van der Waals surface area (Å²) in [5, 5.41) is 6.57. The maximum Gasteiger partial charge on any atom is 0.149 e. The summed E-state index contributed by atoms with van der Waals surface area (Å²) in [6.45, 7) is 3.09. The molecule has 0 aliphatic carbocycles. The molecule has 1 unspecified atom stereocenters. The Morgan fingerprint density at radius 1 is 1.64 bits per heavy atom. The van der Waals surface area contributed by atoms with Crippen molar-refractivity contribution < 1.29 is 0 Å². The topological polar surface area (TPSA) is 37.0 Å². The first-order valence-electron chi connectivity index (χ1n) is 3.81. The first-order valence-corrected chi connectivity index (χ1v) is 3.81. The van der Waals surface area contributed by atoms with E-state index in [0.29, 0.717) is 6.04 Å². The smallest absolute Gasteiger partial charge is 0.149 e. The van der Waals surface area contributed by atoms with E-state index in [-0.39, 0.29) is 0 Å². The molecule has 58 valence electrons. The molecule has 3 heteroatoms. The fraction of sp³-hybridized carbons (Fsp3) is 0.375. The van der Waals surface area contributed by atoms with Crippen LogP contribution in [0.5, 0.6) is 0 Å². The zero-order chi connectivity index (χ0) is 7.68. The van der Waals surface area contributed by atoms with Gasteiger partial charge in [-0.05, 0) is 19.1 Å². The average molecular weight is 149 g/mol. The van der Waals surface area contributed by atoms with Crippen molar-refractivity contribution in [2.24, 2.45) is 0 Å². The first kappa shape index (κ1) is 6.46. The molecule has 0 fully saturated rings. The van der Waals surface area contributed by atoms with E-state index in [1.165, 1.54) is 0 Å². The van der Waals surface area contributed by atoms with Gasteiger partial charge in [-0.1, -0.05) is 0 Å². The summed E-state index contributed by atoms with van der Waals surface area (Å²) in [5.41, 5.74) is 1.10. The molecule has 1 aliphatic rings. The lowest BCUT2D eigenvalue weighted by atomic mass is 10.2. The van der Waals surface area contributed by atoms with Gasteiger partial charge < -0.3 is 10.6 Å². The Morgan fingerprint density at radius 2 is 2.55 bits per heavy atom. The number of pyridine rings is 1. The zero-order valence-electron chi connectivity index (χ0n) is 6.46. The second-order valence-corrected chi connectivity index (χ2v) is 2.83. The van der Waals surface area contributed by atoms with Crippen LogP contribution >= 0.6 is 0 Å². The molecular weight excluding hydrogens is 138 g/mol. The maximum absolute atomic E-state index is 4.18. The van der Waals surface area contributed by atoms with Crippen molar-refractivity contribution in [3.8, 4) is 0 Å². The van der Waals surface area contributed by atoms with E-state index in [4.69, 9.17) is 0 Å². The number of anilines is 2. The van der Waals surface area contributed by atoms with Gasteiger partial charge in [0.25, 0.3) is 0 Å². The molecule has 0 spiro atoms. The highest BCUT2D eigenvalue weighted by Gasteiger charge is 2.12. The van der Waals surface area contributed by atoms with Crippen LogP contribution in [0.2, 0.25) is 0 Å². The van der Waals surface area contributed by atoms with Crippen LogP contribution in [-0.4, -0.2) is 17.6 Å². The van der Waals surface area contributed by atoms with Crippen molar-refractivity contribution in [1.82, 2.24) is 4.98 Å².